The van der Waals surface area contributed by atoms with E-state index in [-0.39, 0.29) is 6.61 Å². The second kappa shape index (κ2) is 7.92. The summed E-state index contributed by atoms with van der Waals surface area (Å²) in [5.41, 5.74) is 8.86. The fourth-order valence-corrected chi connectivity index (χ4v) is 3.45. The van der Waals surface area contributed by atoms with Crippen LogP contribution in [0, 0.1) is 5.92 Å². The summed E-state index contributed by atoms with van der Waals surface area (Å²) in [4.78, 5) is 2.35. The lowest BCUT2D eigenvalue weighted by atomic mass is 9.79. The van der Waals surface area contributed by atoms with Crippen LogP contribution in [0.15, 0.2) is 24.3 Å². The molecule has 0 bridgehead atoms. The highest BCUT2D eigenvalue weighted by Gasteiger charge is 2.26. The normalized spacial score (nSPS) is 19.1. The van der Waals surface area contributed by atoms with Crippen molar-refractivity contribution in [2.75, 3.05) is 32.8 Å². The minimum absolute atomic E-state index is 0.266. The lowest BCUT2D eigenvalue weighted by Crippen LogP contribution is -2.38. The highest BCUT2D eigenvalue weighted by Crippen LogP contribution is 2.32. The van der Waals surface area contributed by atoms with Crippen LogP contribution in [-0.4, -0.2) is 42.8 Å². The summed E-state index contributed by atoms with van der Waals surface area (Å²) in [6.07, 6.45) is 2.38. The zero-order valence-corrected chi connectivity index (χ0v) is 13.5. The van der Waals surface area contributed by atoms with Crippen LogP contribution in [0.2, 0.25) is 0 Å². The molecule has 0 radical (unpaired) electrons. The van der Waals surface area contributed by atoms with Gasteiger partial charge in [-0.15, -0.1) is 0 Å². The number of nitrogens with two attached hydrogens (primary N) is 1. The Labute approximate surface area is 129 Å². The first-order chi connectivity index (χ1) is 10.2. The summed E-state index contributed by atoms with van der Waals surface area (Å²) in [5, 5.41) is 9.03. The quantitative estimate of drug-likeness (QED) is 0.846. The Hall–Kier alpha value is -0.900. The van der Waals surface area contributed by atoms with Crippen molar-refractivity contribution in [1.82, 2.24) is 4.90 Å². The van der Waals surface area contributed by atoms with Gasteiger partial charge < -0.3 is 15.7 Å². The van der Waals surface area contributed by atoms with Crippen LogP contribution >= 0.6 is 0 Å². The number of hydrogen-bond acceptors (Lipinski definition) is 3. The van der Waals surface area contributed by atoms with E-state index in [1.54, 1.807) is 0 Å². The number of piperidine rings is 1. The van der Waals surface area contributed by atoms with Gasteiger partial charge in [0.05, 0.1) is 6.61 Å². The van der Waals surface area contributed by atoms with Crippen molar-refractivity contribution in [1.29, 1.82) is 0 Å². The molecule has 2 rings (SSSR count). The van der Waals surface area contributed by atoms with Crippen molar-refractivity contribution < 1.29 is 5.11 Å². The number of nitrogens with zero attached hydrogens (tertiary/aromatic N) is 1. The molecule has 0 spiro atoms. The summed E-state index contributed by atoms with van der Waals surface area (Å²) in [6, 6.07) is 9.05. The van der Waals surface area contributed by atoms with Crippen molar-refractivity contribution >= 4 is 0 Å². The van der Waals surface area contributed by atoms with Gasteiger partial charge in [-0.25, -0.2) is 0 Å². The lowest BCUT2D eigenvalue weighted by Gasteiger charge is -2.35. The van der Waals surface area contributed by atoms with E-state index in [0.29, 0.717) is 17.8 Å². The molecule has 3 N–H and O–H groups in total. The Bertz CT molecular complexity index is 408. The fourth-order valence-electron chi connectivity index (χ4n) is 3.45. The first kappa shape index (κ1) is 16.5. The van der Waals surface area contributed by atoms with Crippen molar-refractivity contribution in [2.45, 2.75) is 38.5 Å². The van der Waals surface area contributed by atoms with Gasteiger partial charge in [0.25, 0.3) is 0 Å². The van der Waals surface area contributed by atoms with Gasteiger partial charge >= 0.3 is 0 Å². The summed E-state index contributed by atoms with van der Waals surface area (Å²) in [6.45, 7) is 8.44. The van der Waals surface area contributed by atoms with Crippen molar-refractivity contribution in [3.8, 4) is 0 Å². The second-order valence-electron chi connectivity index (χ2n) is 6.57. The third-order valence-corrected chi connectivity index (χ3v) is 4.90. The summed E-state index contributed by atoms with van der Waals surface area (Å²) in [7, 11) is 0. The molecular formula is C18H30N2O. The Morgan fingerprint density at radius 2 is 1.71 bits per heavy atom. The maximum absolute atomic E-state index is 9.03. The fraction of sp³-hybridized carbons (Fsp3) is 0.667. The average Bonchev–Trinajstić information content (AvgIpc) is 2.50. The maximum atomic E-state index is 9.03. The molecule has 1 heterocycles. The molecule has 1 fully saturated rings. The van der Waals surface area contributed by atoms with Crippen LogP contribution < -0.4 is 5.73 Å². The van der Waals surface area contributed by atoms with Crippen LogP contribution in [-0.2, 0) is 0 Å². The first-order valence-electron chi connectivity index (χ1n) is 8.28. The van der Waals surface area contributed by atoms with E-state index in [1.807, 2.05) is 0 Å². The van der Waals surface area contributed by atoms with Gasteiger partial charge in [0.15, 0.2) is 0 Å². The maximum Gasteiger partial charge on any atom is 0.0558 e. The topological polar surface area (TPSA) is 49.5 Å². The Morgan fingerprint density at radius 1 is 1.14 bits per heavy atom. The number of rotatable bonds is 6. The molecule has 1 unspecified atom stereocenters. The Kier molecular flexibility index (Phi) is 6.22. The van der Waals surface area contributed by atoms with Gasteiger partial charge in [-0.1, -0.05) is 38.1 Å². The van der Waals surface area contributed by atoms with Gasteiger partial charge in [-0.2, -0.15) is 0 Å². The predicted molar refractivity (Wildman–Crippen MR) is 88.6 cm³/mol. The number of hydrogen-bond donors (Lipinski definition) is 2. The molecular weight excluding hydrogens is 260 g/mol. The minimum atomic E-state index is 0.266. The molecule has 1 aromatic carbocycles. The van der Waals surface area contributed by atoms with E-state index >= 15 is 0 Å². The van der Waals surface area contributed by atoms with E-state index in [1.165, 1.54) is 24.0 Å². The van der Waals surface area contributed by atoms with E-state index in [9.17, 15) is 0 Å². The molecule has 1 aliphatic rings. The number of aliphatic hydroxyl groups is 1. The van der Waals surface area contributed by atoms with Gasteiger partial charge in [0, 0.05) is 6.54 Å². The van der Waals surface area contributed by atoms with Crippen LogP contribution in [0.3, 0.4) is 0 Å². The standard InChI is InChI=1S/C18H30N2O/c1-14(2)15-3-5-16(6-4-15)18(13-19)17-7-9-20(10-8-17)11-12-21/h3-6,14,17-18,21H,7-13,19H2,1-2H3. The van der Waals surface area contributed by atoms with Gasteiger partial charge in [-0.05, 0) is 61.4 Å². The van der Waals surface area contributed by atoms with Gasteiger partial charge in [0.2, 0.25) is 0 Å². The number of likely N-dealkylation sites (tertiary alicyclic amines) is 1. The van der Waals surface area contributed by atoms with E-state index in [2.05, 4.69) is 43.0 Å². The number of β-amino-alcohol motifs (C(OH)–C–C–N with tert-alkyl or cyclic N) is 1. The van der Waals surface area contributed by atoms with Crippen LogP contribution in [0.25, 0.3) is 0 Å². The molecule has 3 nitrogen and oxygen atoms in total. The minimum Gasteiger partial charge on any atom is -0.395 e. The molecule has 118 valence electrons. The van der Waals surface area contributed by atoms with Crippen molar-refractivity contribution in [2.24, 2.45) is 11.7 Å². The summed E-state index contributed by atoms with van der Waals surface area (Å²) in [5.74, 6) is 1.73. The molecule has 1 atom stereocenters. The SMILES string of the molecule is CC(C)c1ccc(C(CN)C2CCN(CCO)CC2)cc1. The molecule has 1 aliphatic heterocycles. The highest BCUT2D eigenvalue weighted by atomic mass is 16.3. The van der Waals surface area contributed by atoms with Gasteiger partial charge in [0.1, 0.15) is 0 Å². The molecule has 0 aromatic heterocycles. The molecule has 0 saturated carbocycles. The van der Waals surface area contributed by atoms with Crippen molar-refractivity contribution in [3.63, 3.8) is 0 Å². The van der Waals surface area contributed by atoms with Crippen LogP contribution in [0.1, 0.15) is 49.7 Å². The number of benzene rings is 1. The molecule has 0 aliphatic carbocycles. The van der Waals surface area contributed by atoms with E-state index in [0.717, 1.165) is 26.2 Å². The summed E-state index contributed by atoms with van der Waals surface area (Å²) >= 11 is 0. The van der Waals surface area contributed by atoms with Crippen LogP contribution in [0.5, 0.6) is 0 Å². The van der Waals surface area contributed by atoms with E-state index in [4.69, 9.17) is 10.8 Å². The zero-order valence-electron chi connectivity index (χ0n) is 13.5. The molecule has 1 saturated heterocycles. The van der Waals surface area contributed by atoms with E-state index < -0.39 is 0 Å². The average molecular weight is 290 g/mol. The molecule has 21 heavy (non-hydrogen) atoms. The summed E-state index contributed by atoms with van der Waals surface area (Å²) < 4.78 is 0. The molecule has 1 aromatic rings. The zero-order chi connectivity index (χ0) is 15.2. The third kappa shape index (κ3) is 4.29. The van der Waals surface area contributed by atoms with Gasteiger partial charge in [-0.3, -0.25) is 0 Å². The monoisotopic (exact) mass is 290 g/mol. The first-order valence-corrected chi connectivity index (χ1v) is 8.28. The second-order valence-corrected chi connectivity index (χ2v) is 6.57. The molecule has 3 heteroatoms. The van der Waals surface area contributed by atoms with Crippen LogP contribution in [0.4, 0.5) is 0 Å². The van der Waals surface area contributed by atoms with Crippen molar-refractivity contribution in [3.05, 3.63) is 35.4 Å². The smallest absolute Gasteiger partial charge is 0.0558 e. The number of aliphatic hydroxyl groups excluding tert-OH is 1. The third-order valence-electron chi connectivity index (χ3n) is 4.90. The Morgan fingerprint density at radius 3 is 2.19 bits per heavy atom. The highest BCUT2D eigenvalue weighted by molar-refractivity contribution is 5.28. The molecule has 0 amide bonds. The lowest BCUT2D eigenvalue weighted by molar-refractivity contribution is 0.138. The Balaban J connectivity index is 1.99. The predicted octanol–water partition coefficient (Wildman–Crippen LogP) is 2.56. The largest absolute Gasteiger partial charge is 0.395 e.